The molecule has 1 atom stereocenters. The number of amides is 1. The second-order valence-electron chi connectivity index (χ2n) is 4.92. The van der Waals surface area contributed by atoms with Gasteiger partial charge in [0.15, 0.2) is 5.54 Å². The van der Waals surface area contributed by atoms with Gasteiger partial charge in [-0.1, -0.05) is 5.16 Å². The van der Waals surface area contributed by atoms with Crippen LogP contribution in [0.2, 0.25) is 0 Å². The van der Waals surface area contributed by atoms with E-state index in [9.17, 15) is 9.59 Å². The summed E-state index contributed by atoms with van der Waals surface area (Å²) in [6, 6.07) is 0. The number of rotatable bonds is 7. The number of carboxylic acids is 1. The Balaban J connectivity index is 2.61. The highest BCUT2D eigenvalue weighted by Crippen LogP contribution is 2.14. The van der Waals surface area contributed by atoms with Gasteiger partial charge in [0.05, 0.1) is 12.3 Å². The molecule has 0 radical (unpaired) electrons. The quantitative estimate of drug-likeness (QED) is 0.769. The van der Waals surface area contributed by atoms with Crippen LogP contribution in [0.5, 0.6) is 0 Å². The molecule has 1 aromatic heterocycles. The van der Waals surface area contributed by atoms with E-state index in [2.05, 4.69) is 10.5 Å². The van der Waals surface area contributed by atoms with Crippen LogP contribution in [-0.2, 0) is 20.7 Å². The SMILES string of the molecule is COCC(C)(NC(=O)CCc1c(C)noc1C)C(=O)O. The Morgan fingerprint density at radius 2 is 2.10 bits per heavy atom. The lowest BCUT2D eigenvalue weighted by atomic mass is 10.0. The minimum absolute atomic E-state index is 0.0978. The van der Waals surface area contributed by atoms with Gasteiger partial charge in [0, 0.05) is 19.1 Å². The molecule has 1 rings (SSSR count). The molecule has 2 N–H and O–H groups in total. The number of carbonyl (C=O) groups excluding carboxylic acids is 1. The average Bonchev–Trinajstić information content (AvgIpc) is 2.66. The summed E-state index contributed by atoms with van der Waals surface area (Å²) in [7, 11) is 1.39. The molecule has 0 bridgehead atoms. The summed E-state index contributed by atoms with van der Waals surface area (Å²) in [6.45, 7) is 4.89. The molecule has 7 nitrogen and oxygen atoms in total. The molecule has 7 heteroatoms. The number of aliphatic carboxylic acids is 1. The van der Waals surface area contributed by atoms with Crippen molar-refractivity contribution in [3.8, 4) is 0 Å². The molecule has 0 spiro atoms. The Morgan fingerprint density at radius 3 is 2.55 bits per heavy atom. The minimum Gasteiger partial charge on any atom is -0.479 e. The van der Waals surface area contributed by atoms with Gasteiger partial charge < -0.3 is 19.7 Å². The molecule has 1 unspecified atom stereocenters. The van der Waals surface area contributed by atoms with E-state index in [4.69, 9.17) is 14.4 Å². The molecule has 0 aliphatic heterocycles. The van der Waals surface area contributed by atoms with Crippen molar-refractivity contribution in [3.05, 3.63) is 17.0 Å². The Morgan fingerprint density at radius 1 is 1.45 bits per heavy atom. The molecule has 1 aromatic rings. The second-order valence-corrected chi connectivity index (χ2v) is 4.92. The molecule has 0 saturated heterocycles. The number of aryl methyl sites for hydroxylation is 2. The van der Waals surface area contributed by atoms with E-state index in [1.54, 1.807) is 13.8 Å². The zero-order valence-corrected chi connectivity index (χ0v) is 12.1. The van der Waals surface area contributed by atoms with Gasteiger partial charge in [-0.05, 0) is 27.2 Å². The van der Waals surface area contributed by atoms with Crippen LogP contribution in [0.15, 0.2) is 4.52 Å². The van der Waals surface area contributed by atoms with Crippen molar-refractivity contribution >= 4 is 11.9 Å². The fourth-order valence-electron chi connectivity index (χ4n) is 1.91. The number of nitrogens with zero attached hydrogens (tertiary/aromatic N) is 1. The zero-order valence-electron chi connectivity index (χ0n) is 12.1. The van der Waals surface area contributed by atoms with Crippen LogP contribution in [0.25, 0.3) is 0 Å². The van der Waals surface area contributed by atoms with Crippen molar-refractivity contribution in [3.63, 3.8) is 0 Å². The third-order valence-electron chi connectivity index (χ3n) is 3.10. The predicted octanol–water partition coefficient (Wildman–Crippen LogP) is 0.830. The number of carbonyl (C=O) groups is 2. The maximum atomic E-state index is 11.9. The topological polar surface area (TPSA) is 102 Å². The molecular formula is C13H20N2O5. The van der Waals surface area contributed by atoms with Crippen molar-refractivity contribution in [2.45, 2.75) is 39.2 Å². The Bertz CT molecular complexity index is 477. The van der Waals surface area contributed by atoms with Crippen LogP contribution in [0, 0.1) is 13.8 Å². The van der Waals surface area contributed by atoms with Crippen molar-refractivity contribution < 1.29 is 24.0 Å². The third kappa shape index (κ3) is 3.80. The molecule has 0 aromatic carbocycles. The molecule has 0 saturated carbocycles. The zero-order chi connectivity index (χ0) is 15.3. The fourth-order valence-corrected chi connectivity index (χ4v) is 1.91. The first-order chi connectivity index (χ1) is 9.30. The van der Waals surface area contributed by atoms with Gasteiger partial charge in [-0.25, -0.2) is 4.79 Å². The average molecular weight is 284 g/mol. The van der Waals surface area contributed by atoms with Gasteiger partial charge in [-0.2, -0.15) is 0 Å². The first kappa shape index (κ1) is 16.2. The van der Waals surface area contributed by atoms with Crippen molar-refractivity contribution in [2.24, 2.45) is 0 Å². The van der Waals surface area contributed by atoms with E-state index in [0.717, 1.165) is 11.3 Å². The molecule has 20 heavy (non-hydrogen) atoms. The lowest BCUT2D eigenvalue weighted by Gasteiger charge is -2.25. The van der Waals surface area contributed by atoms with Gasteiger partial charge in [0.2, 0.25) is 5.91 Å². The number of carboxylic acid groups (broad SMARTS) is 1. The largest absolute Gasteiger partial charge is 0.479 e. The highest BCUT2D eigenvalue weighted by atomic mass is 16.5. The molecule has 1 amide bonds. The second kappa shape index (κ2) is 6.51. The van der Waals surface area contributed by atoms with E-state index < -0.39 is 11.5 Å². The van der Waals surface area contributed by atoms with Gasteiger partial charge in [0.25, 0.3) is 0 Å². The van der Waals surface area contributed by atoms with Crippen LogP contribution in [0.4, 0.5) is 0 Å². The van der Waals surface area contributed by atoms with Gasteiger partial charge in [-0.15, -0.1) is 0 Å². The Hall–Kier alpha value is -1.89. The number of aromatic nitrogens is 1. The van der Waals surface area contributed by atoms with Gasteiger partial charge in [-0.3, -0.25) is 4.79 Å². The third-order valence-corrected chi connectivity index (χ3v) is 3.10. The number of hydrogen-bond acceptors (Lipinski definition) is 5. The monoisotopic (exact) mass is 284 g/mol. The Kier molecular flexibility index (Phi) is 5.26. The first-order valence-corrected chi connectivity index (χ1v) is 6.25. The molecule has 0 aliphatic rings. The fraction of sp³-hybridized carbons (Fsp3) is 0.615. The van der Waals surface area contributed by atoms with Gasteiger partial charge >= 0.3 is 5.97 Å². The minimum atomic E-state index is -1.43. The van der Waals surface area contributed by atoms with Crippen LogP contribution in [0.3, 0.4) is 0 Å². The van der Waals surface area contributed by atoms with Crippen molar-refractivity contribution in [1.29, 1.82) is 0 Å². The smallest absolute Gasteiger partial charge is 0.331 e. The summed E-state index contributed by atoms with van der Waals surface area (Å²) in [5.41, 5.74) is 0.196. The molecule has 0 aliphatic carbocycles. The maximum absolute atomic E-state index is 11.9. The summed E-state index contributed by atoms with van der Waals surface area (Å²) >= 11 is 0. The molecule has 0 fully saturated rings. The summed E-state index contributed by atoms with van der Waals surface area (Å²) < 4.78 is 9.85. The molecule has 112 valence electrons. The summed E-state index contributed by atoms with van der Waals surface area (Å²) in [5, 5.41) is 15.4. The number of ether oxygens (including phenoxy) is 1. The van der Waals surface area contributed by atoms with E-state index in [0.29, 0.717) is 12.2 Å². The van der Waals surface area contributed by atoms with E-state index in [-0.39, 0.29) is 18.9 Å². The number of methoxy groups -OCH3 is 1. The number of nitrogens with one attached hydrogen (secondary N) is 1. The summed E-state index contributed by atoms with van der Waals surface area (Å²) in [4.78, 5) is 23.0. The highest BCUT2D eigenvalue weighted by molar-refractivity contribution is 5.86. The van der Waals surface area contributed by atoms with Crippen LogP contribution >= 0.6 is 0 Å². The maximum Gasteiger partial charge on any atom is 0.331 e. The highest BCUT2D eigenvalue weighted by Gasteiger charge is 2.34. The molecular weight excluding hydrogens is 264 g/mol. The van der Waals surface area contributed by atoms with E-state index >= 15 is 0 Å². The first-order valence-electron chi connectivity index (χ1n) is 6.25. The van der Waals surface area contributed by atoms with Gasteiger partial charge in [0.1, 0.15) is 5.76 Å². The van der Waals surface area contributed by atoms with Crippen molar-refractivity contribution in [2.75, 3.05) is 13.7 Å². The standard InChI is InChI=1S/C13H20N2O5/c1-8-10(9(2)20-15-8)5-6-11(16)14-13(3,7-19-4)12(17)18/h5-7H2,1-4H3,(H,14,16)(H,17,18). The van der Waals surface area contributed by atoms with Crippen LogP contribution in [-0.4, -0.2) is 41.4 Å². The van der Waals surface area contributed by atoms with Crippen LogP contribution < -0.4 is 5.32 Å². The molecule has 1 heterocycles. The van der Waals surface area contributed by atoms with E-state index in [1.165, 1.54) is 14.0 Å². The Labute approximate surface area is 117 Å². The lowest BCUT2D eigenvalue weighted by Crippen LogP contribution is -2.55. The van der Waals surface area contributed by atoms with Crippen LogP contribution in [0.1, 0.15) is 30.4 Å². The normalized spacial score (nSPS) is 13.8. The summed E-state index contributed by atoms with van der Waals surface area (Å²) in [6.07, 6.45) is 0.616. The van der Waals surface area contributed by atoms with Crippen molar-refractivity contribution in [1.82, 2.24) is 10.5 Å². The summed E-state index contributed by atoms with van der Waals surface area (Å²) in [5.74, 6) is -0.815. The van der Waals surface area contributed by atoms with E-state index in [1.807, 2.05) is 0 Å². The predicted molar refractivity (Wildman–Crippen MR) is 70.4 cm³/mol. The lowest BCUT2D eigenvalue weighted by molar-refractivity contribution is -0.149. The number of hydrogen-bond donors (Lipinski definition) is 2.